The van der Waals surface area contributed by atoms with E-state index >= 15 is 0 Å². The van der Waals surface area contributed by atoms with Crippen molar-refractivity contribution in [3.63, 3.8) is 0 Å². The molecule has 2 aromatic carbocycles. The Morgan fingerprint density at radius 2 is 1.77 bits per heavy atom. The van der Waals surface area contributed by atoms with Crippen LogP contribution in [-0.2, 0) is 13.1 Å². The number of hydrogen-bond acceptors (Lipinski definition) is 4. The smallest absolute Gasteiger partial charge is 0.284 e. The van der Waals surface area contributed by atoms with Crippen molar-refractivity contribution in [3.05, 3.63) is 70.6 Å². The molecule has 3 rings (SSSR count). The zero-order valence-corrected chi connectivity index (χ0v) is 12.7. The lowest BCUT2D eigenvalue weighted by Gasteiger charge is -2.05. The molecule has 112 valence electrons. The number of carbonyl (C=O) groups excluding carboxylic acids is 1. The number of hydrogen-bond donors (Lipinski definition) is 3. The molecule has 0 saturated carbocycles. The molecule has 3 aromatic rings. The molecule has 0 fully saturated rings. The number of carbonyl (C=O) groups is 1. The van der Waals surface area contributed by atoms with E-state index in [1.807, 2.05) is 24.3 Å². The van der Waals surface area contributed by atoms with E-state index in [0.717, 1.165) is 28.7 Å². The Balaban J connectivity index is 1.68. The van der Waals surface area contributed by atoms with E-state index in [-0.39, 0.29) is 0 Å². The molecule has 5 heteroatoms. The molecule has 0 aliphatic rings. The minimum atomic E-state index is -0.468. The maximum atomic E-state index is 11.4. The van der Waals surface area contributed by atoms with Crippen molar-refractivity contribution in [3.8, 4) is 0 Å². The van der Waals surface area contributed by atoms with Gasteiger partial charge in [0.05, 0.1) is 4.88 Å². The first kappa shape index (κ1) is 14.7. The number of rotatable bonds is 5. The first-order valence-electron chi connectivity index (χ1n) is 6.98. The van der Waals surface area contributed by atoms with Gasteiger partial charge in [0.15, 0.2) is 0 Å². The van der Waals surface area contributed by atoms with Crippen LogP contribution in [0.5, 0.6) is 0 Å². The zero-order valence-electron chi connectivity index (χ0n) is 11.9. The molecule has 0 bridgehead atoms. The van der Waals surface area contributed by atoms with Crippen LogP contribution in [0.15, 0.2) is 54.6 Å². The van der Waals surface area contributed by atoms with Gasteiger partial charge < -0.3 is 5.32 Å². The van der Waals surface area contributed by atoms with Gasteiger partial charge in [-0.25, -0.2) is 5.48 Å². The van der Waals surface area contributed by atoms with Crippen LogP contribution in [-0.4, -0.2) is 11.1 Å². The van der Waals surface area contributed by atoms with Gasteiger partial charge in [-0.15, -0.1) is 11.3 Å². The molecule has 1 aromatic heterocycles. The molecule has 0 spiro atoms. The zero-order chi connectivity index (χ0) is 15.4. The number of amides is 1. The SMILES string of the molecule is O=C(NO)c1cc2cc(CNCc3ccccc3)ccc2s1. The van der Waals surface area contributed by atoms with Crippen molar-refractivity contribution in [1.29, 1.82) is 0 Å². The third-order valence-corrected chi connectivity index (χ3v) is 4.52. The van der Waals surface area contributed by atoms with Crippen molar-refractivity contribution < 1.29 is 10.0 Å². The second kappa shape index (κ2) is 6.70. The van der Waals surface area contributed by atoms with Crippen molar-refractivity contribution >= 4 is 27.3 Å². The second-order valence-electron chi connectivity index (χ2n) is 5.01. The van der Waals surface area contributed by atoms with Gasteiger partial charge in [-0.05, 0) is 34.7 Å². The molecule has 0 radical (unpaired) electrons. The van der Waals surface area contributed by atoms with Crippen LogP contribution >= 0.6 is 11.3 Å². The summed E-state index contributed by atoms with van der Waals surface area (Å²) in [5, 5.41) is 13.1. The minimum absolute atomic E-state index is 0.468. The Labute approximate surface area is 132 Å². The first-order valence-corrected chi connectivity index (χ1v) is 7.79. The van der Waals surface area contributed by atoms with E-state index in [1.165, 1.54) is 16.9 Å². The molecular formula is C17H16N2O2S. The van der Waals surface area contributed by atoms with Crippen LogP contribution < -0.4 is 10.8 Å². The topological polar surface area (TPSA) is 61.4 Å². The highest BCUT2D eigenvalue weighted by molar-refractivity contribution is 7.20. The van der Waals surface area contributed by atoms with Crippen LogP contribution in [0.3, 0.4) is 0 Å². The molecule has 3 N–H and O–H groups in total. The molecule has 1 heterocycles. The van der Waals surface area contributed by atoms with Crippen LogP contribution in [0.2, 0.25) is 0 Å². The molecule has 0 atom stereocenters. The summed E-state index contributed by atoms with van der Waals surface area (Å²) in [4.78, 5) is 11.9. The van der Waals surface area contributed by atoms with Gasteiger partial charge in [0, 0.05) is 17.8 Å². The summed E-state index contributed by atoms with van der Waals surface area (Å²) in [6, 6.07) is 18.2. The number of hydroxylamine groups is 1. The Morgan fingerprint density at radius 3 is 2.55 bits per heavy atom. The molecule has 0 aliphatic heterocycles. The first-order chi connectivity index (χ1) is 10.8. The summed E-state index contributed by atoms with van der Waals surface area (Å²) >= 11 is 1.37. The number of nitrogens with one attached hydrogen (secondary N) is 2. The monoisotopic (exact) mass is 312 g/mol. The highest BCUT2D eigenvalue weighted by atomic mass is 32.1. The number of benzene rings is 2. The maximum Gasteiger partial charge on any atom is 0.284 e. The van der Waals surface area contributed by atoms with E-state index in [0.29, 0.717) is 4.88 Å². The standard InChI is InChI=1S/C17H16N2O2S/c20-17(19-21)16-9-14-8-13(6-7-15(14)22-16)11-18-10-12-4-2-1-3-5-12/h1-9,18,21H,10-11H2,(H,19,20). The quantitative estimate of drug-likeness (QED) is 0.500. The minimum Gasteiger partial charge on any atom is -0.309 e. The van der Waals surface area contributed by atoms with Crippen LogP contribution in [0, 0.1) is 0 Å². The molecule has 4 nitrogen and oxygen atoms in total. The maximum absolute atomic E-state index is 11.4. The normalized spacial score (nSPS) is 10.8. The predicted octanol–water partition coefficient (Wildman–Crippen LogP) is 3.31. The summed E-state index contributed by atoms with van der Waals surface area (Å²) in [5.74, 6) is -0.468. The molecule has 0 saturated heterocycles. The number of fused-ring (bicyclic) bond motifs is 1. The van der Waals surface area contributed by atoms with E-state index in [2.05, 4.69) is 29.6 Å². The van der Waals surface area contributed by atoms with Crippen LogP contribution in [0.1, 0.15) is 20.8 Å². The lowest BCUT2D eigenvalue weighted by molar-refractivity contribution is 0.0711. The van der Waals surface area contributed by atoms with E-state index in [4.69, 9.17) is 5.21 Å². The Hall–Kier alpha value is -2.21. The second-order valence-corrected chi connectivity index (χ2v) is 6.10. The molecular weight excluding hydrogens is 296 g/mol. The Bertz CT molecular complexity index is 784. The third kappa shape index (κ3) is 3.33. The fraction of sp³-hybridized carbons (Fsp3) is 0.118. The molecule has 0 aliphatic carbocycles. The van der Waals surface area contributed by atoms with Gasteiger partial charge >= 0.3 is 0 Å². The number of thiophene rings is 1. The molecule has 1 amide bonds. The van der Waals surface area contributed by atoms with Gasteiger partial charge in [0.1, 0.15) is 0 Å². The average molecular weight is 312 g/mol. The van der Waals surface area contributed by atoms with Crippen LogP contribution in [0.25, 0.3) is 10.1 Å². The molecule has 22 heavy (non-hydrogen) atoms. The summed E-state index contributed by atoms with van der Waals surface area (Å²) < 4.78 is 1.03. The van der Waals surface area contributed by atoms with E-state index < -0.39 is 5.91 Å². The van der Waals surface area contributed by atoms with Crippen LogP contribution in [0.4, 0.5) is 0 Å². The molecule has 0 unspecified atom stereocenters. The summed E-state index contributed by atoms with van der Waals surface area (Å²) in [6.45, 7) is 1.59. The summed E-state index contributed by atoms with van der Waals surface area (Å²) in [6.07, 6.45) is 0. The largest absolute Gasteiger partial charge is 0.309 e. The fourth-order valence-corrected chi connectivity index (χ4v) is 3.25. The van der Waals surface area contributed by atoms with Gasteiger partial charge in [-0.1, -0.05) is 36.4 Å². The Kier molecular flexibility index (Phi) is 4.48. The van der Waals surface area contributed by atoms with E-state index in [1.54, 1.807) is 11.5 Å². The van der Waals surface area contributed by atoms with Gasteiger partial charge in [-0.2, -0.15) is 0 Å². The average Bonchev–Trinajstić information content (AvgIpc) is 2.98. The van der Waals surface area contributed by atoms with Gasteiger partial charge in [-0.3, -0.25) is 10.0 Å². The summed E-state index contributed by atoms with van der Waals surface area (Å²) in [7, 11) is 0. The van der Waals surface area contributed by atoms with Gasteiger partial charge in [0.2, 0.25) is 0 Å². The highest BCUT2D eigenvalue weighted by Crippen LogP contribution is 2.26. The lowest BCUT2D eigenvalue weighted by atomic mass is 10.1. The predicted molar refractivity (Wildman–Crippen MR) is 88.1 cm³/mol. The van der Waals surface area contributed by atoms with Crippen molar-refractivity contribution in [2.75, 3.05) is 0 Å². The van der Waals surface area contributed by atoms with Gasteiger partial charge in [0.25, 0.3) is 5.91 Å². The summed E-state index contributed by atoms with van der Waals surface area (Å²) in [5.41, 5.74) is 4.08. The van der Waals surface area contributed by atoms with Crippen molar-refractivity contribution in [1.82, 2.24) is 10.8 Å². The Morgan fingerprint density at radius 1 is 1.00 bits per heavy atom. The lowest BCUT2D eigenvalue weighted by Crippen LogP contribution is -2.16. The third-order valence-electron chi connectivity index (χ3n) is 3.41. The van der Waals surface area contributed by atoms with Crippen molar-refractivity contribution in [2.24, 2.45) is 0 Å². The fourth-order valence-electron chi connectivity index (χ4n) is 2.32. The highest BCUT2D eigenvalue weighted by Gasteiger charge is 2.09. The van der Waals surface area contributed by atoms with Crippen molar-refractivity contribution in [2.45, 2.75) is 13.1 Å². The van der Waals surface area contributed by atoms with E-state index in [9.17, 15) is 4.79 Å².